The fourth-order valence-corrected chi connectivity index (χ4v) is 1.50. The molecule has 0 radical (unpaired) electrons. The molecule has 98 valence electrons. The minimum atomic E-state index is -0.353. The third-order valence-corrected chi connectivity index (χ3v) is 2.78. The number of hydrogen-bond donors (Lipinski definition) is 1. The van der Waals surface area contributed by atoms with Gasteiger partial charge in [0.2, 0.25) is 0 Å². The standard InChI is InChI=1S/C12H14INO4/c1-17-12(16)6-7-14-11(15)8-18-10-4-2-9(13)3-5-10/h2-5H,6-8H2,1H3,(H,14,15). The largest absolute Gasteiger partial charge is 0.484 e. The number of benzene rings is 1. The zero-order valence-corrected chi connectivity index (χ0v) is 12.1. The van der Waals surface area contributed by atoms with E-state index in [2.05, 4.69) is 32.6 Å². The second kappa shape index (κ2) is 7.91. The van der Waals surface area contributed by atoms with Gasteiger partial charge in [0.05, 0.1) is 13.5 Å². The zero-order chi connectivity index (χ0) is 13.4. The number of methoxy groups -OCH3 is 1. The van der Waals surface area contributed by atoms with Gasteiger partial charge >= 0.3 is 5.97 Å². The van der Waals surface area contributed by atoms with Gasteiger partial charge in [-0.15, -0.1) is 0 Å². The summed E-state index contributed by atoms with van der Waals surface area (Å²) in [5, 5.41) is 2.56. The van der Waals surface area contributed by atoms with Crippen LogP contribution in [0.4, 0.5) is 0 Å². The summed E-state index contributed by atoms with van der Waals surface area (Å²) in [4.78, 5) is 22.2. The van der Waals surface area contributed by atoms with Gasteiger partial charge in [0.15, 0.2) is 6.61 Å². The van der Waals surface area contributed by atoms with Crippen LogP contribution < -0.4 is 10.1 Å². The van der Waals surface area contributed by atoms with E-state index < -0.39 is 0 Å². The molecule has 0 aliphatic carbocycles. The Labute approximate surface area is 119 Å². The zero-order valence-electron chi connectivity index (χ0n) is 9.94. The summed E-state index contributed by atoms with van der Waals surface area (Å²) < 4.78 is 10.8. The molecule has 18 heavy (non-hydrogen) atoms. The third kappa shape index (κ3) is 5.85. The fourth-order valence-electron chi connectivity index (χ4n) is 1.14. The van der Waals surface area contributed by atoms with E-state index in [9.17, 15) is 9.59 Å². The van der Waals surface area contributed by atoms with E-state index in [1.807, 2.05) is 12.1 Å². The first-order valence-electron chi connectivity index (χ1n) is 5.33. The number of ether oxygens (including phenoxy) is 2. The van der Waals surface area contributed by atoms with Gasteiger partial charge in [0, 0.05) is 10.1 Å². The molecule has 6 heteroatoms. The summed E-state index contributed by atoms with van der Waals surface area (Å²) in [6.45, 7) is 0.184. The first-order valence-corrected chi connectivity index (χ1v) is 6.41. The minimum Gasteiger partial charge on any atom is -0.484 e. The van der Waals surface area contributed by atoms with E-state index >= 15 is 0 Å². The number of halogens is 1. The van der Waals surface area contributed by atoms with Crippen molar-refractivity contribution in [1.29, 1.82) is 0 Å². The number of rotatable bonds is 6. The second-order valence-electron chi connectivity index (χ2n) is 3.42. The monoisotopic (exact) mass is 363 g/mol. The molecule has 0 fully saturated rings. The molecule has 0 heterocycles. The Morgan fingerprint density at radius 2 is 1.94 bits per heavy atom. The highest BCUT2D eigenvalue weighted by molar-refractivity contribution is 14.1. The maximum atomic E-state index is 11.4. The van der Waals surface area contributed by atoms with Gasteiger partial charge in [-0.25, -0.2) is 0 Å². The number of carbonyl (C=O) groups is 2. The first-order chi connectivity index (χ1) is 8.61. The molecule has 1 N–H and O–H groups in total. The van der Waals surface area contributed by atoms with Crippen LogP contribution in [0.15, 0.2) is 24.3 Å². The Hall–Kier alpha value is -1.31. The van der Waals surface area contributed by atoms with Crippen molar-refractivity contribution in [3.63, 3.8) is 0 Å². The molecule has 1 rings (SSSR count). The van der Waals surface area contributed by atoms with Gasteiger partial charge in [0.25, 0.3) is 5.91 Å². The van der Waals surface area contributed by atoms with E-state index in [-0.39, 0.29) is 31.4 Å². The van der Waals surface area contributed by atoms with Crippen molar-refractivity contribution in [2.75, 3.05) is 20.3 Å². The summed E-state index contributed by atoms with van der Waals surface area (Å²) in [7, 11) is 1.31. The lowest BCUT2D eigenvalue weighted by atomic mass is 10.3. The number of hydrogen-bond acceptors (Lipinski definition) is 4. The maximum absolute atomic E-state index is 11.4. The lowest BCUT2D eigenvalue weighted by Gasteiger charge is -2.07. The average Bonchev–Trinajstić information content (AvgIpc) is 2.38. The molecule has 1 amide bonds. The van der Waals surface area contributed by atoms with E-state index in [1.54, 1.807) is 12.1 Å². The fraction of sp³-hybridized carbons (Fsp3) is 0.333. The van der Waals surface area contributed by atoms with Crippen molar-refractivity contribution in [1.82, 2.24) is 5.32 Å². The summed E-state index contributed by atoms with van der Waals surface area (Å²) in [5.74, 6) is 0.0184. The SMILES string of the molecule is COC(=O)CCNC(=O)COc1ccc(I)cc1. The molecule has 1 aromatic carbocycles. The predicted octanol–water partition coefficient (Wildman–Crippen LogP) is 1.35. The Kier molecular flexibility index (Phi) is 6.48. The highest BCUT2D eigenvalue weighted by Gasteiger charge is 2.04. The van der Waals surface area contributed by atoms with Gasteiger partial charge < -0.3 is 14.8 Å². The van der Waals surface area contributed by atoms with Gasteiger partial charge in [-0.3, -0.25) is 9.59 Å². The highest BCUT2D eigenvalue weighted by atomic mass is 127. The van der Waals surface area contributed by atoms with E-state index in [1.165, 1.54) is 7.11 Å². The highest BCUT2D eigenvalue weighted by Crippen LogP contribution is 2.13. The first kappa shape index (κ1) is 14.7. The van der Waals surface area contributed by atoms with Gasteiger partial charge in [0.1, 0.15) is 5.75 Å². The number of esters is 1. The van der Waals surface area contributed by atoms with Gasteiger partial charge in [-0.2, -0.15) is 0 Å². The van der Waals surface area contributed by atoms with Crippen molar-refractivity contribution in [2.45, 2.75) is 6.42 Å². The van der Waals surface area contributed by atoms with Crippen LogP contribution in [0, 0.1) is 3.57 Å². The third-order valence-electron chi connectivity index (χ3n) is 2.06. The molecule has 0 aromatic heterocycles. The Morgan fingerprint density at radius 3 is 2.56 bits per heavy atom. The van der Waals surface area contributed by atoms with Crippen LogP contribution in [0.1, 0.15) is 6.42 Å². The number of nitrogens with one attached hydrogen (secondary N) is 1. The smallest absolute Gasteiger partial charge is 0.307 e. The summed E-state index contributed by atoms with van der Waals surface area (Å²) in [6.07, 6.45) is 0.159. The lowest BCUT2D eigenvalue weighted by molar-refractivity contribution is -0.140. The molecule has 1 aromatic rings. The average molecular weight is 363 g/mol. The van der Waals surface area contributed by atoms with E-state index in [0.29, 0.717) is 5.75 Å². The molecule has 0 bridgehead atoms. The second-order valence-corrected chi connectivity index (χ2v) is 4.66. The maximum Gasteiger partial charge on any atom is 0.307 e. The van der Waals surface area contributed by atoms with Crippen LogP contribution in [0.2, 0.25) is 0 Å². The van der Waals surface area contributed by atoms with Crippen LogP contribution in [0.5, 0.6) is 5.75 Å². The molecular weight excluding hydrogens is 349 g/mol. The van der Waals surface area contributed by atoms with E-state index in [0.717, 1.165) is 3.57 Å². The van der Waals surface area contributed by atoms with Crippen LogP contribution in [0.3, 0.4) is 0 Å². The number of amides is 1. The van der Waals surface area contributed by atoms with Crippen molar-refractivity contribution < 1.29 is 19.1 Å². The van der Waals surface area contributed by atoms with Crippen LogP contribution in [-0.2, 0) is 14.3 Å². The Bertz CT molecular complexity index is 405. The molecule has 0 saturated carbocycles. The minimum absolute atomic E-state index is 0.0677. The van der Waals surface area contributed by atoms with Crippen molar-refractivity contribution in [3.8, 4) is 5.75 Å². The van der Waals surface area contributed by atoms with Crippen molar-refractivity contribution >= 4 is 34.5 Å². The number of carbonyl (C=O) groups excluding carboxylic acids is 2. The van der Waals surface area contributed by atoms with Crippen molar-refractivity contribution in [2.24, 2.45) is 0 Å². The summed E-state index contributed by atoms with van der Waals surface area (Å²) >= 11 is 2.19. The normalized spacial score (nSPS) is 9.67. The molecule has 0 spiro atoms. The quantitative estimate of drug-likeness (QED) is 0.612. The summed E-state index contributed by atoms with van der Waals surface area (Å²) in [6, 6.07) is 7.38. The van der Waals surface area contributed by atoms with Gasteiger partial charge in [-0.1, -0.05) is 0 Å². The Morgan fingerprint density at radius 1 is 1.28 bits per heavy atom. The molecule has 0 unspecified atom stereocenters. The van der Waals surface area contributed by atoms with E-state index in [4.69, 9.17) is 4.74 Å². The van der Waals surface area contributed by atoms with Crippen LogP contribution in [0.25, 0.3) is 0 Å². The molecule has 0 saturated heterocycles. The lowest BCUT2D eigenvalue weighted by Crippen LogP contribution is -2.30. The molecule has 5 nitrogen and oxygen atoms in total. The topological polar surface area (TPSA) is 64.6 Å². The Balaban J connectivity index is 2.21. The van der Waals surface area contributed by atoms with Crippen LogP contribution in [-0.4, -0.2) is 32.1 Å². The van der Waals surface area contributed by atoms with Gasteiger partial charge in [-0.05, 0) is 46.9 Å². The molecule has 0 aliphatic heterocycles. The van der Waals surface area contributed by atoms with Crippen LogP contribution >= 0.6 is 22.6 Å². The molecular formula is C12H14INO4. The predicted molar refractivity (Wildman–Crippen MR) is 74.3 cm³/mol. The summed E-state index contributed by atoms with van der Waals surface area (Å²) in [5.41, 5.74) is 0. The molecule has 0 aliphatic rings. The van der Waals surface area contributed by atoms with Crippen molar-refractivity contribution in [3.05, 3.63) is 27.8 Å². The molecule has 0 atom stereocenters.